The summed E-state index contributed by atoms with van der Waals surface area (Å²) >= 11 is 1.70. The van der Waals surface area contributed by atoms with E-state index in [0.717, 1.165) is 15.8 Å². The second-order valence-electron chi connectivity index (χ2n) is 7.97. The van der Waals surface area contributed by atoms with E-state index in [2.05, 4.69) is 18.8 Å². The van der Waals surface area contributed by atoms with Gasteiger partial charge >= 0.3 is 5.97 Å². The van der Waals surface area contributed by atoms with Crippen LogP contribution in [-0.2, 0) is 21.4 Å². The van der Waals surface area contributed by atoms with Crippen LogP contribution in [0.3, 0.4) is 0 Å². The average Bonchev–Trinajstić information content (AvgIpc) is 3.34. The molecule has 31 heavy (non-hydrogen) atoms. The van der Waals surface area contributed by atoms with E-state index < -0.39 is 16.0 Å². The Hall–Kier alpha value is -2.36. The van der Waals surface area contributed by atoms with Crippen molar-refractivity contribution in [1.82, 2.24) is 13.9 Å². The molecular formula is C22H25N3O4S2. The Labute approximate surface area is 186 Å². The van der Waals surface area contributed by atoms with Crippen LogP contribution < -0.4 is 0 Å². The van der Waals surface area contributed by atoms with E-state index in [-0.39, 0.29) is 12.5 Å². The fourth-order valence-corrected chi connectivity index (χ4v) is 6.39. The maximum Gasteiger partial charge on any atom is 0.323 e. The zero-order valence-electron chi connectivity index (χ0n) is 17.4. The van der Waals surface area contributed by atoms with Gasteiger partial charge in [-0.3, -0.25) is 4.79 Å². The molecule has 3 aromatic rings. The first kappa shape index (κ1) is 21.9. The third kappa shape index (κ3) is 4.49. The Bertz CT molecular complexity index is 1200. The van der Waals surface area contributed by atoms with Crippen LogP contribution in [0.15, 0.2) is 58.6 Å². The van der Waals surface area contributed by atoms with Crippen LogP contribution in [-0.4, -0.2) is 51.7 Å². The van der Waals surface area contributed by atoms with Gasteiger partial charge in [-0.25, -0.2) is 13.4 Å². The lowest BCUT2D eigenvalue weighted by molar-refractivity contribution is -0.137. The minimum absolute atomic E-state index is 0.00714. The quantitative estimate of drug-likeness (QED) is 0.540. The number of sulfonamides is 1. The number of benzene rings is 1. The first-order valence-electron chi connectivity index (χ1n) is 10.2. The molecule has 0 aliphatic carbocycles. The van der Waals surface area contributed by atoms with Crippen LogP contribution in [0, 0.1) is 0 Å². The lowest BCUT2D eigenvalue weighted by atomic mass is 9.99. The zero-order valence-corrected chi connectivity index (χ0v) is 19.1. The van der Waals surface area contributed by atoms with Crippen molar-refractivity contribution in [2.45, 2.75) is 47.8 Å². The van der Waals surface area contributed by atoms with Gasteiger partial charge in [-0.1, -0.05) is 13.8 Å². The Morgan fingerprint density at radius 1 is 1.26 bits per heavy atom. The number of fused-ring (bicyclic) bond motifs is 1. The molecule has 0 radical (unpaired) electrons. The number of carboxylic acid groups (broad SMARTS) is 1. The van der Waals surface area contributed by atoms with E-state index in [4.69, 9.17) is 0 Å². The van der Waals surface area contributed by atoms with Gasteiger partial charge in [-0.15, -0.1) is 11.8 Å². The molecule has 1 atom stereocenters. The number of thioether (sulfide) groups is 1. The monoisotopic (exact) mass is 459 g/mol. The van der Waals surface area contributed by atoms with E-state index in [1.807, 2.05) is 30.5 Å². The highest BCUT2D eigenvalue weighted by Crippen LogP contribution is 2.35. The molecule has 9 heteroatoms. The first-order chi connectivity index (χ1) is 14.8. The summed E-state index contributed by atoms with van der Waals surface area (Å²) in [5.41, 5.74) is 1.56. The summed E-state index contributed by atoms with van der Waals surface area (Å²) in [6, 6.07) is 10.8. The van der Waals surface area contributed by atoms with Crippen LogP contribution in [0.1, 0.15) is 31.7 Å². The predicted molar refractivity (Wildman–Crippen MR) is 121 cm³/mol. The van der Waals surface area contributed by atoms with Crippen LogP contribution in [0.5, 0.6) is 0 Å². The lowest BCUT2D eigenvalue weighted by Gasteiger charge is -2.17. The normalized spacial score (nSPS) is 17.6. The van der Waals surface area contributed by atoms with Gasteiger partial charge in [0.1, 0.15) is 12.2 Å². The SMILES string of the molecule is CC(C)Sc1ccc(S(=O)(=O)N2CCC(c3cn(CC(=O)O)c4ncccc34)C2)cc1. The number of carboxylic acids is 1. The molecule has 0 bridgehead atoms. The molecule has 7 nitrogen and oxygen atoms in total. The van der Waals surface area contributed by atoms with Crippen molar-refractivity contribution < 1.29 is 18.3 Å². The van der Waals surface area contributed by atoms with Crippen molar-refractivity contribution in [1.29, 1.82) is 0 Å². The predicted octanol–water partition coefficient (Wildman–Crippen LogP) is 3.80. The van der Waals surface area contributed by atoms with Gasteiger partial charge in [0, 0.05) is 46.9 Å². The number of hydrogen-bond donors (Lipinski definition) is 1. The molecule has 1 aromatic carbocycles. The Morgan fingerprint density at radius 2 is 2.00 bits per heavy atom. The van der Waals surface area contributed by atoms with E-state index in [9.17, 15) is 18.3 Å². The number of pyridine rings is 1. The van der Waals surface area contributed by atoms with Gasteiger partial charge in [0.05, 0.1) is 4.90 Å². The summed E-state index contributed by atoms with van der Waals surface area (Å²) in [7, 11) is -3.58. The molecule has 1 fully saturated rings. The Kier molecular flexibility index (Phi) is 6.09. The summed E-state index contributed by atoms with van der Waals surface area (Å²) in [5.74, 6) is -0.948. The molecule has 3 heterocycles. The minimum atomic E-state index is -3.58. The first-order valence-corrected chi connectivity index (χ1v) is 12.5. The topological polar surface area (TPSA) is 92.5 Å². The standard InChI is InChI=1S/C22H25N3O4S2/c1-15(2)30-17-5-7-18(8-6-17)31(28,29)25-11-9-16(12-25)20-13-24(14-21(26)27)22-19(20)4-3-10-23-22/h3-8,10,13,15-16H,9,11-12,14H2,1-2H3,(H,26,27). The van der Waals surface area contributed by atoms with Crippen LogP contribution in [0.4, 0.5) is 0 Å². The largest absolute Gasteiger partial charge is 0.480 e. The zero-order chi connectivity index (χ0) is 22.2. The van der Waals surface area contributed by atoms with E-state index >= 15 is 0 Å². The molecular weight excluding hydrogens is 434 g/mol. The summed E-state index contributed by atoms with van der Waals surface area (Å²) in [5, 5.41) is 10.5. The smallest absolute Gasteiger partial charge is 0.323 e. The van der Waals surface area contributed by atoms with Crippen molar-refractivity contribution in [3.05, 3.63) is 54.4 Å². The van der Waals surface area contributed by atoms with Crippen molar-refractivity contribution in [2.24, 2.45) is 0 Å². The summed E-state index contributed by atoms with van der Waals surface area (Å²) in [4.78, 5) is 16.9. The molecule has 1 N–H and O–H groups in total. The molecule has 4 rings (SSSR count). The molecule has 2 aromatic heterocycles. The molecule has 1 aliphatic heterocycles. The highest BCUT2D eigenvalue weighted by atomic mass is 32.2. The van der Waals surface area contributed by atoms with Gasteiger partial charge < -0.3 is 9.67 Å². The summed E-state index contributed by atoms with van der Waals surface area (Å²) in [6.45, 7) is 4.82. The van der Waals surface area contributed by atoms with Crippen molar-refractivity contribution in [3.63, 3.8) is 0 Å². The minimum Gasteiger partial charge on any atom is -0.480 e. The number of aliphatic carboxylic acids is 1. The second kappa shape index (κ2) is 8.64. The molecule has 1 aliphatic rings. The third-order valence-electron chi connectivity index (χ3n) is 5.39. The number of hydrogen-bond acceptors (Lipinski definition) is 5. The Balaban J connectivity index is 1.57. The van der Waals surface area contributed by atoms with Crippen LogP contribution in [0.25, 0.3) is 11.0 Å². The summed E-state index contributed by atoms with van der Waals surface area (Å²) in [6.07, 6.45) is 4.13. The highest BCUT2D eigenvalue weighted by molar-refractivity contribution is 7.99. The fourth-order valence-electron chi connectivity index (χ4n) is 4.05. The summed E-state index contributed by atoms with van der Waals surface area (Å²) < 4.78 is 29.5. The molecule has 1 saturated heterocycles. The highest BCUT2D eigenvalue weighted by Gasteiger charge is 2.34. The third-order valence-corrected chi connectivity index (χ3v) is 8.29. The van der Waals surface area contributed by atoms with Crippen LogP contribution in [0.2, 0.25) is 0 Å². The average molecular weight is 460 g/mol. The molecule has 1 unspecified atom stereocenters. The van der Waals surface area contributed by atoms with Crippen molar-refractivity contribution >= 4 is 38.8 Å². The second-order valence-corrected chi connectivity index (χ2v) is 11.6. The molecule has 0 amide bonds. The lowest BCUT2D eigenvalue weighted by Crippen LogP contribution is -2.28. The van der Waals surface area contributed by atoms with E-state index in [0.29, 0.717) is 35.3 Å². The van der Waals surface area contributed by atoms with E-state index in [1.165, 1.54) is 4.31 Å². The fraction of sp³-hybridized carbons (Fsp3) is 0.364. The van der Waals surface area contributed by atoms with Crippen molar-refractivity contribution in [3.8, 4) is 0 Å². The maximum atomic E-state index is 13.2. The maximum absolute atomic E-state index is 13.2. The number of nitrogens with zero attached hydrogens (tertiary/aromatic N) is 3. The molecule has 0 spiro atoms. The van der Waals surface area contributed by atoms with E-state index in [1.54, 1.807) is 34.7 Å². The van der Waals surface area contributed by atoms with Gasteiger partial charge in [-0.2, -0.15) is 4.31 Å². The molecule has 0 saturated carbocycles. The van der Waals surface area contributed by atoms with Gasteiger partial charge in [0.15, 0.2) is 0 Å². The van der Waals surface area contributed by atoms with Gasteiger partial charge in [0.25, 0.3) is 0 Å². The number of aromatic nitrogens is 2. The van der Waals surface area contributed by atoms with Crippen molar-refractivity contribution in [2.75, 3.05) is 13.1 Å². The Morgan fingerprint density at radius 3 is 2.68 bits per heavy atom. The number of carbonyl (C=O) groups is 1. The number of rotatable bonds is 7. The van der Waals surface area contributed by atoms with Gasteiger partial charge in [0.2, 0.25) is 10.0 Å². The van der Waals surface area contributed by atoms with Gasteiger partial charge in [-0.05, 0) is 48.4 Å². The molecule has 164 valence electrons. The van der Waals surface area contributed by atoms with Crippen LogP contribution >= 0.6 is 11.8 Å².